The van der Waals surface area contributed by atoms with Crippen LogP contribution in [0, 0.1) is 0 Å². The fourth-order valence-electron chi connectivity index (χ4n) is 2.46. The lowest BCUT2D eigenvalue weighted by atomic mass is 10.2. The fourth-order valence-corrected chi connectivity index (χ4v) is 3.44. The predicted octanol–water partition coefficient (Wildman–Crippen LogP) is 4.90. The zero-order chi connectivity index (χ0) is 19.2. The number of thioether (sulfide) groups is 1. The molecular formula is C20H19ClN4OS. The zero-order valence-corrected chi connectivity index (χ0v) is 16.4. The van der Waals surface area contributed by atoms with Gasteiger partial charge in [0.2, 0.25) is 5.91 Å². The summed E-state index contributed by atoms with van der Waals surface area (Å²) in [6.07, 6.45) is 1.79. The van der Waals surface area contributed by atoms with E-state index in [2.05, 4.69) is 22.1 Å². The van der Waals surface area contributed by atoms with Crippen molar-refractivity contribution in [1.29, 1.82) is 0 Å². The predicted molar refractivity (Wildman–Crippen MR) is 111 cm³/mol. The highest BCUT2D eigenvalue weighted by molar-refractivity contribution is 8.00. The number of nitrogens with zero attached hydrogens (tertiary/aromatic N) is 3. The standard InChI is InChI=1S/C20H19ClN4OS/c1-3-13-25-18(15-7-5-4-6-8-15)23-24-20(25)27-14(2)19(26)22-17-11-9-16(21)10-12-17/h3-12,14H,1,13H2,2H3,(H,22,26). The van der Waals surface area contributed by atoms with Crippen molar-refractivity contribution in [3.05, 3.63) is 72.3 Å². The molecule has 0 bridgehead atoms. The number of anilines is 1. The van der Waals surface area contributed by atoms with Crippen LogP contribution in [0.25, 0.3) is 11.4 Å². The average molecular weight is 399 g/mol. The highest BCUT2D eigenvalue weighted by atomic mass is 35.5. The van der Waals surface area contributed by atoms with E-state index in [-0.39, 0.29) is 11.2 Å². The lowest BCUT2D eigenvalue weighted by Crippen LogP contribution is -2.22. The van der Waals surface area contributed by atoms with Crippen molar-refractivity contribution in [3.63, 3.8) is 0 Å². The van der Waals surface area contributed by atoms with Gasteiger partial charge in [0.25, 0.3) is 0 Å². The van der Waals surface area contributed by atoms with Crippen LogP contribution in [0.1, 0.15) is 6.92 Å². The van der Waals surface area contributed by atoms with Crippen LogP contribution in [0.2, 0.25) is 5.02 Å². The van der Waals surface area contributed by atoms with E-state index in [0.717, 1.165) is 11.4 Å². The van der Waals surface area contributed by atoms with Gasteiger partial charge in [-0.05, 0) is 31.2 Å². The van der Waals surface area contributed by atoms with Crippen molar-refractivity contribution in [2.75, 3.05) is 5.32 Å². The molecule has 27 heavy (non-hydrogen) atoms. The van der Waals surface area contributed by atoms with Crippen molar-refractivity contribution < 1.29 is 4.79 Å². The molecule has 2 aromatic carbocycles. The minimum absolute atomic E-state index is 0.114. The maximum Gasteiger partial charge on any atom is 0.237 e. The number of rotatable bonds is 7. The highest BCUT2D eigenvalue weighted by Crippen LogP contribution is 2.27. The van der Waals surface area contributed by atoms with E-state index in [1.165, 1.54) is 11.8 Å². The van der Waals surface area contributed by atoms with Gasteiger partial charge in [-0.25, -0.2) is 0 Å². The number of nitrogens with one attached hydrogen (secondary N) is 1. The molecule has 1 aromatic heterocycles. The van der Waals surface area contributed by atoms with E-state index in [4.69, 9.17) is 11.6 Å². The molecule has 138 valence electrons. The van der Waals surface area contributed by atoms with Crippen LogP contribution >= 0.6 is 23.4 Å². The van der Waals surface area contributed by atoms with Crippen LogP contribution in [0.3, 0.4) is 0 Å². The molecule has 0 radical (unpaired) electrons. The average Bonchev–Trinajstić information content (AvgIpc) is 3.07. The van der Waals surface area contributed by atoms with Gasteiger partial charge in [0, 0.05) is 22.8 Å². The molecule has 1 amide bonds. The van der Waals surface area contributed by atoms with Gasteiger partial charge >= 0.3 is 0 Å². The van der Waals surface area contributed by atoms with Crippen LogP contribution in [0.15, 0.2) is 72.4 Å². The van der Waals surface area contributed by atoms with Crippen LogP contribution < -0.4 is 5.32 Å². The first-order chi connectivity index (χ1) is 13.1. The molecule has 3 rings (SSSR count). The third kappa shape index (κ3) is 4.78. The molecule has 1 N–H and O–H groups in total. The minimum atomic E-state index is -0.350. The number of halogens is 1. The van der Waals surface area contributed by atoms with Crippen molar-refractivity contribution in [1.82, 2.24) is 14.8 Å². The van der Waals surface area contributed by atoms with Crippen molar-refractivity contribution >= 4 is 35.0 Å². The third-order valence-corrected chi connectivity index (χ3v) is 5.16. The van der Waals surface area contributed by atoms with Gasteiger partial charge in [0.15, 0.2) is 11.0 Å². The summed E-state index contributed by atoms with van der Waals surface area (Å²) in [6, 6.07) is 16.8. The normalized spacial score (nSPS) is 11.8. The van der Waals surface area contributed by atoms with Gasteiger partial charge < -0.3 is 5.32 Å². The number of benzene rings is 2. The van der Waals surface area contributed by atoms with Crippen LogP contribution in [-0.2, 0) is 11.3 Å². The first-order valence-electron chi connectivity index (χ1n) is 8.41. The van der Waals surface area contributed by atoms with Crippen molar-refractivity contribution in [3.8, 4) is 11.4 Å². The first kappa shape index (κ1) is 19.2. The molecule has 0 aliphatic carbocycles. The molecule has 5 nitrogen and oxygen atoms in total. The number of carbonyl (C=O) groups is 1. The third-order valence-electron chi connectivity index (χ3n) is 3.82. The summed E-state index contributed by atoms with van der Waals surface area (Å²) in [5.74, 6) is 0.639. The largest absolute Gasteiger partial charge is 0.325 e. The van der Waals surface area contributed by atoms with E-state index >= 15 is 0 Å². The molecule has 1 atom stereocenters. The fraction of sp³-hybridized carbons (Fsp3) is 0.150. The van der Waals surface area contributed by atoms with Gasteiger partial charge in [-0.15, -0.1) is 16.8 Å². The molecule has 3 aromatic rings. The second-order valence-electron chi connectivity index (χ2n) is 5.83. The summed E-state index contributed by atoms with van der Waals surface area (Å²) in [4.78, 5) is 12.5. The van der Waals surface area contributed by atoms with Gasteiger partial charge in [0.1, 0.15) is 0 Å². The topological polar surface area (TPSA) is 59.8 Å². The number of carbonyl (C=O) groups excluding carboxylic acids is 1. The smallest absolute Gasteiger partial charge is 0.237 e. The monoisotopic (exact) mass is 398 g/mol. The summed E-state index contributed by atoms with van der Waals surface area (Å²) in [6.45, 7) is 6.21. The Balaban J connectivity index is 1.76. The molecule has 0 spiro atoms. The Labute approximate surface area is 167 Å². The Hall–Kier alpha value is -2.57. The molecule has 1 unspecified atom stereocenters. The number of hydrogen-bond acceptors (Lipinski definition) is 4. The van der Waals surface area contributed by atoms with Crippen molar-refractivity contribution in [2.24, 2.45) is 0 Å². The van der Waals surface area contributed by atoms with E-state index < -0.39 is 0 Å². The summed E-state index contributed by atoms with van der Waals surface area (Å²) in [7, 11) is 0. The van der Waals surface area contributed by atoms with Gasteiger partial charge in [0.05, 0.1) is 5.25 Å². The zero-order valence-electron chi connectivity index (χ0n) is 14.8. The highest BCUT2D eigenvalue weighted by Gasteiger charge is 2.20. The molecule has 0 saturated heterocycles. The van der Waals surface area contributed by atoms with E-state index in [0.29, 0.717) is 22.4 Å². The first-order valence-corrected chi connectivity index (χ1v) is 9.67. The molecule has 0 saturated carbocycles. The number of amides is 1. The van der Waals surface area contributed by atoms with Gasteiger partial charge in [-0.3, -0.25) is 9.36 Å². The number of aromatic nitrogens is 3. The summed E-state index contributed by atoms with van der Waals surface area (Å²) >= 11 is 7.23. The maximum atomic E-state index is 12.5. The van der Waals surface area contributed by atoms with Crippen LogP contribution in [-0.4, -0.2) is 25.9 Å². The molecule has 0 aliphatic rings. The number of hydrogen-bond donors (Lipinski definition) is 1. The SMILES string of the molecule is C=CCn1c(SC(C)C(=O)Nc2ccc(Cl)cc2)nnc1-c1ccccc1. The molecule has 0 aliphatic heterocycles. The lowest BCUT2D eigenvalue weighted by molar-refractivity contribution is -0.115. The second-order valence-corrected chi connectivity index (χ2v) is 7.57. The summed E-state index contributed by atoms with van der Waals surface area (Å²) < 4.78 is 1.96. The summed E-state index contributed by atoms with van der Waals surface area (Å²) in [5, 5.41) is 12.4. The minimum Gasteiger partial charge on any atom is -0.325 e. The molecular weight excluding hydrogens is 380 g/mol. The van der Waals surface area contributed by atoms with E-state index in [1.807, 2.05) is 41.8 Å². The molecule has 1 heterocycles. The van der Waals surface area contributed by atoms with E-state index in [9.17, 15) is 4.79 Å². The quantitative estimate of drug-likeness (QED) is 0.454. The second kappa shape index (κ2) is 8.88. The Bertz CT molecular complexity index is 925. The van der Waals surface area contributed by atoms with Gasteiger partial charge in [-0.2, -0.15) is 0 Å². The van der Waals surface area contributed by atoms with Gasteiger partial charge in [-0.1, -0.05) is 59.8 Å². The van der Waals surface area contributed by atoms with E-state index in [1.54, 1.807) is 30.3 Å². The Morgan fingerprint density at radius 1 is 1.22 bits per heavy atom. The maximum absolute atomic E-state index is 12.5. The Morgan fingerprint density at radius 3 is 2.59 bits per heavy atom. The summed E-state index contributed by atoms with van der Waals surface area (Å²) in [5.41, 5.74) is 1.67. The van der Waals surface area contributed by atoms with Crippen LogP contribution in [0.5, 0.6) is 0 Å². The molecule has 0 fully saturated rings. The Kier molecular flexibility index (Phi) is 6.32. The van der Waals surface area contributed by atoms with Crippen LogP contribution in [0.4, 0.5) is 5.69 Å². The lowest BCUT2D eigenvalue weighted by Gasteiger charge is -2.13. The van der Waals surface area contributed by atoms with Crippen molar-refractivity contribution in [2.45, 2.75) is 23.9 Å². The Morgan fingerprint density at radius 2 is 1.93 bits per heavy atom. The number of allylic oxidation sites excluding steroid dienone is 1. The molecule has 7 heteroatoms.